The van der Waals surface area contributed by atoms with Gasteiger partial charge in [0.2, 0.25) is 0 Å². The number of halogens is 1. The first-order valence-corrected chi connectivity index (χ1v) is 20.0. The zero-order valence-electron chi connectivity index (χ0n) is 33.2. The highest BCUT2D eigenvalue weighted by atomic mass is 127. The lowest BCUT2D eigenvalue weighted by Gasteiger charge is -2.28. The number of ether oxygens (including phenoxy) is 2. The molecule has 2 heterocycles. The van der Waals surface area contributed by atoms with E-state index in [2.05, 4.69) is 130 Å². The second-order valence-electron chi connectivity index (χ2n) is 18.0. The topological polar surface area (TPSA) is 52.6 Å². The van der Waals surface area contributed by atoms with Crippen molar-refractivity contribution in [2.24, 2.45) is 0 Å². The summed E-state index contributed by atoms with van der Waals surface area (Å²) in [5, 5.41) is 0. The SMILES string of the molecule is CC(C)(C)c1cc(C(C)(C)C)c2c(c1)C(C)(c1ccccc1)C(=O)O2.CC(C)(C)c1cc2c(c(C(C)(C)C)c1)OC(=O)C2c1ccccc1.CI. The van der Waals surface area contributed by atoms with Crippen molar-refractivity contribution in [3.05, 3.63) is 129 Å². The smallest absolute Gasteiger partial charge is 0.326 e. The third kappa shape index (κ3) is 8.14. The molecule has 0 N–H and O–H groups in total. The molecule has 0 saturated carbocycles. The highest BCUT2D eigenvalue weighted by Crippen LogP contribution is 2.50. The Labute approximate surface area is 320 Å². The van der Waals surface area contributed by atoms with E-state index in [0.717, 1.165) is 44.9 Å². The third-order valence-corrected chi connectivity index (χ3v) is 9.93. The Kier molecular flexibility index (Phi) is 11.5. The van der Waals surface area contributed by atoms with Gasteiger partial charge in [0, 0.05) is 22.3 Å². The molecule has 0 saturated heterocycles. The van der Waals surface area contributed by atoms with Crippen molar-refractivity contribution in [3.63, 3.8) is 0 Å². The lowest BCUT2D eigenvalue weighted by Crippen LogP contribution is -2.31. The van der Waals surface area contributed by atoms with E-state index in [-0.39, 0.29) is 39.5 Å². The first-order valence-electron chi connectivity index (χ1n) is 17.8. The van der Waals surface area contributed by atoms with E-state index in [0.29, 0.717) is 0 Å². The monoisotopic (exact) mass is 800 g/mol. The Balaban J connectivity index is 0.000000218. The van der Waals surface area contributed by atoms with Crippen LogP contribution in [0.25, 0.3) is 0 Å². The zero-order valence-corrected chi connectivity index (χ0v) is 35.3. The van der Waals surface area contributed by atoms with Crippen LogP contribution < -0.4 is 9.47 Å². The summed E-state index contributed by atoms with van der Waals surface area (Å²) in [5.41, 5.74) is 7.70. The summed E-state index contributed by atoms with van der Waals surface area (Å²) in [6.45, 7) is 28.2. The van der Waals surface area contributed by atoms with Crippen LogP contribution in [-0.4, -0.2) is 16.9 Å². The van der Waals surface area contributed by atoms with Crippen molar-refractivity contribution in [3.8, 4) is 11.5 Å². The molecule has 2 aliphatic heterocycles. The number of benzene rings is 4. The van der Waals surface area contributed by atoms with E-state index in [1.54, 1.807) is 0 Å². The molecule has 4 aromatic carbocycles. The van der Waals surface area contributed by atoms with E-state index in [1.165, 1.54) is 11.1 Å². The Hall–Kier alpha value is -3.45. The standard InChI is InChI=1S/C23H28O2.C22H26O2.CH3I/c1-21(2,3)16-13-17(22(4,5)6)19-18(14-16)23(7,20(24)25-19)15-11-9-8-10-12-15;1-21(2,3)15-12-16-18(14-10-8-7-9-11-14)20(23)24-19(16)17(13-15)22(4,5)6;1-2/h8-14H,1-7H3;7-13,18H,1-6H3;1H3. The summed E-state index contributed by atoms with van der Waals surface area (Å²) in [5.74, 6) is 0.814. The van der Waals surface area contributed by atoms with Crippen molar-refractivity contribution in [2.45, 2.75) is 123 Å². The molecule has 0 aliphatic carbocycles. The molecular weight excluding hydrogens is 743 g/mol. The second-order valence-corrected chi connectivity index (χ2v) is 18.0. The van der Waals surface area contributed by atoms with Gasteiger partial charge in [-0.1, -0.05) is 191 Å². The van der Waals surface area contributed by atoms with Crippen LogP contribution in [0.3, 0.4) is 0 Å². The Morgan fingerprint density at radius 2 is 1.02 bits per heavy atom. The molecule has 272 valence electrons. The van der Waals surface area contributed by atoms with E-state index in [4.69, 9.17) is 9.47 Å². The van der Waals surface area contributed by atoms with Gasteiger partial charge in [0.05, 0.1) is 0 Å². The van der Waals surface area contributed by atoms with Gasteiger partial charge in [-0.25, -0.2) is 0 Å². The number of fused-ring (bicyclic) bond motifs is 2. The van der Waals surface area contributed by atoms with E-state index >= 15 is 0 Å². The van der Waals surface area contributed by atoms with Gasteiger partial charge in [-0.15, -0.1) is 0 Å². The fourth-order valence-corrected chi connectivity index (χ4v) is 6.67. The molecule has 0 radical (unpaired) electrons. The van der Waals surface area contributed by atoms with Crippen LogP contribution in [0, 0.1) is 0 Å². The van der Waals surface area contributed by atoms with Crippen LogP contribution in [-0.2, 0) is 36.7 Å². The first-order chi connectivity index (χ1) is 23.5. The average molecular weight is 801 g/mol. The molecule has 51 heavy (non-hydrogen) atoms. The molecule has 2 unspecified atom stereocenters. The number of rotatable bonds is 2. The average Bonchev–Trinajstić information content (AvgIpc) is 3.52. The predicted molar refractivity (Wildman–Crippen MR) is 220 cm³/mol. The number of esters is 2. The highest BCUT2D eigenvalue weighted by molar-refractivity contribution is 14.1. The largest absolute Gasteiger partial charge is 0.425 e. The molecule has 0 spiro atoms. The summed E-state index contributed by atoms with van der Waals surface area (Å²) < 4.78 is 11.6. The van der Waals surface area contributed by atoms with Gasteiger partial charge in [0.25, 0.3) is 0 Å². The molecule has 0 fully saturated rings. The minimum Gasteiger partial charge on any atom is -0.425 e. The van der Waals surface area contributed by atoms with Crippen LogP contribution >= 0.6 is 22.6 Å². The number of hydrogen-bond acceptors (Lipinski definition) is 4. The van der Waals surface area contributed by atoms with Crippen molar-refractivity contribution in [1.29, 1.82) is 0 Å². The Bertz CT molecular complexity index is 1880. The maximum Gasteiger partial charge on any atom is 0.326 e. The molecule has 2 aliphatic rings. The molecular formula is C46H57IO4. The third-order valence-electron chi connectivity index (χ3n) is 9.93. The van der Waals surface area contributed by atoms with Gasteiger partial charge >= 0.3 is 11.9 Å². The fraction of sp³-hybridized carbons (Fsp3) is 0.435. The maximum absolute atomic E-state index is 13.0. The number of carbonyl (C=O) groups excluding carboxylic acids is 2. The molecule has 0 amide bonds. The van der Waals surface area contributed by atoms with E-state index in [9.17, 15) is 9.59 Å². The van der Waals surface area contributed by atoms with Gasteiger partial charge in [-0.2, -0.15) is 0 Å². The number of carbonyl (C=O) groups is 2. The van der Waals surface area contributed by atoms with Gasteiger partial charge < -0.3 is 9.47 Å². The lowest BCUT2D eigenvalue weighted by atomic mass is 9.72. The van der Waals surface area contributed by atoms with Crippen LogP contribution in [0.4, 0.5) is 0 Å². The van der Waals surface area contributed by atoms with Crippen LogP contribution in [0.2, 0.25) is 0 Å². The van der Waals surface area contributed by atoms with Crippen molar-refractivity contribution in [1.82, 2.24) is 0 Å². The quantitative estimate of drug-likeness (QED) is 0.0877. The van der Waals surface area contributed by atoms with Crippen molar-refractivity contribution in [2.75, 3.05) is 4.93 Å². The summed E-state index contributed by atoms with van der Waals surface area (Å²) in [7, 11) is 0. The minimum absolute atomic E-state index is 0.00172. The summed E-state index contributed by atoms with van der Waals surface area (Å²) in [6.07, 6.45) is 0. The number of alkyl halides is 1. The molecule has 0 aromatic heterocycles. The normalized spacial score (nSPS) is 18.4. The van der Waals surface area contributed by atoms with Gasteiger partial charge in [0.1, 0.15) is 22.8 Å². The van der Waals surface area contributed by atoms with Gasteiger partial charge in [-0.3, -0.25) is 9.59 Å². The molecule has 0 bridgehead atoms. The second kappa shape index (κ2) is 14.5. The molecule has 6 rings (SSSR count). The highest BCUT2D eigenvalue weighted by Gasteiger charge is 2.49. The van der Waals surface area contributed by atoms with Crippen LogP contribution in [0.5, 0.6) is 11.5 Å². The molecule has 2 atom stereocenters. The predicted octanol–water partition coefficient (Wildman–Crippen LogP) is 11.9. The van der Waals surface area contributed by atoms with E-state index < -0.39 is 5.41 Å². The van der Waals surface area contributed by atoms with Crippen molar-refractivity contribution < 1.29 is 19.1 Å². The number of hydrogen-bond donors (Lipinski definition) is 0. The first kappa shape index (κ1) is 40.3. The van der Waals surface area contributed by atoms with Gasteiger partial charge in [-0.05, 0) is 55.8 Å². The molecule has 4 nitrogen and oxygen atoms in total. The van der Waals surface area contributed by atoms with Crippen molar-refractivity contribution >= 4 is 34.5 Å². The van der Waals surface area contributed by atoms with E-state index in [1.807, 2.05) is 72.5 Å². The molecule has 4 aromatic rings. The fourth-order valence-electron chi connectivity index (χ4n) is 6.67. The van der Waals surface area contributed by atoms with Crippen LogP contribution in [0.1, 0.15) is 140 Å². The zero-order chi connectivity index (χ0) is 38.3. The summed E-state index contributed by atoms with van der Waals surface area (Å²) in [6, 6.07) is 28.6. The Morgan fingerprint density at radius 3 is 1.49 bits per heavy atom. The maximum atomic E-state index is 13.0. The summed E-state index contributed by atoms with van der Waals surface area (Å²) in [4.78, 5) is 27.6. The van der Waals surface area contributed by atoms with Crippen LogP contribution in [0.15, 0.2) is 84.9 Å². The molecule has 5 heteroatoms. The minimum atomic E-state index is -0.766. The summed E-state index contributed by atoms with van der Waals surface area (Å²) >= 11 is 2.15. The lowest BCUT2D eigenvalue weighted by molar-refractivity contribution is -0.136. The Morgan fingerprint density at radius 1 is 0.569 bits per heavy atom. The van der Waals surface area contributed by atoms with Gasteiger partial charge in [0.15, 0.2) is 0 Å².